The number of furan rings is 1. The number of nitrogens with zero attached hydrogens (tertiary/aromatic N) is 7. The highest BCUT2D eigenvalue weighted by atomic mass is 16.6. The summed E-state index contributed by atoms with van der Waals surface area (Å²) in [5.74, 6) is -0.177. The first-order valence-electron chi connectivity index (χ1n) is 7.86. The molecule has 1 aliphatic heterocycles. The quantitative estimate of drug-likeness (QED) is 0.396. The van der Waals surface area contributed by atoms with Gasteiger partial charge in [-0.25, -0.2) is 19.4 Å². The highest BCUT2D eigenvalue weighted by molar-refractivity contribution is 5.97. The number of rotatable bonds is 6. The first kappa shape index (κ1) is 21.2. The maximum atomic E-state index is 11.0. The van der Waals surface area contributed by atoms with Crippen molar-refractivity contribution in [1.29, 1.82) is 0 Å². The van der Waals surface area contributed by atoms with Crippen LogP contribution >= 0.6 is 0 Å². The molecule has 0 aromatic carbocycles. The number of nitro groups is 2. The number of carbonyl (C=O) groups is 1. The molecule has 0 saturated carbocycles. The molecule has 2 amide bonds. The van der Waals surface area contributed by atoms with Gasteiger partial charge < -0.3 is 24.7 Å². The van der Waals surface area contributed by atoms with E-state index < -0.39 is 21.8 Å². The molecule has 0 aliphatic carbocycles. The van der Waals surface area contributed by atoms with Crippen molar-refractivity contribution in [2.75, 3.05) is 13.2 Å². The summed E-state index contributed by atoms with van der Waals surface area (Å²) in [6.07, 6.45) is 2.31. The van der Waals surface area contributed by atoms with Crippen LogP contribution in [0.2, 0.25) is 0 Å². The zero-order chi connectivity index (χ0) is 21.6. The molecule has 154 valence electrons. The Bertz CT molecular complexity index is 977. The molecule has 0 bridgehead atoms. The van der Waals surface area contributed by atoms with E-state index >= 15 is 0 Å². The van der Waals surface area contributed by atoms with E-state index in [1.807, 2.05) is 0 Å². The molecule has 0 atom stereocenters. The minimum Gasteiger partial charge on any atom is -0.495 e. The van der Waals surface area contributed by atoms with Crippen molar-refractivity contribution in [1.82, 2.24) is 14.6 Å². The van der Waals surface area contributed by atoms with Gasteiger partial charge in [-0.2, -0.15) is 10.1 Å². The molecule has 1 aliphatic rings. The Morgan fingerprint density at radius 2 is 2.07 bits per heavy atom. The molecule has 0 saturated heterocycles. The minimum atomic E-state index is -0.709. The SMILES string of the molecule is Cc1ncc([N+](=O)[O-])n1CCO.O=C1N=C(O)CN1/N=C/c1ccc([N+](=O)[O-])o1. The van der Waals surface area contributed by atoms with Crippen LogP contribution in [0.3, 0.4) is 0 Å². The normalized spacial score (nSPS) is 13.4. The Labute approximate surface area is 161 Å². The van der Waals surface area contributed by atoms with Crippen LogP contribution in [0.25, 0.3) is 0 Å². The number of urea groups is 1. The lowest BCUT2D eigenvalue weighted by Crippen LogP contribution is -2.20. The molecule has 0 fully saturated rings. The second kappa shape index (κ2) is 9.18. The van der Waals surface area contributed by atoms with Crippen LogP contribution in [-0.2, 0) is 6.54 Å². The van der Waals surface area contributed by atoms with Gasteiger partial charge in [0.1, 0.15) is 24.2 Å². The lowest BCUT2D eigenvalue weighted by atomic mass is 10.5. The molecule has 15 heteroatoms. The standard InChI is InChI=1S/C8H6N4O5.C6H9N3O3/c13-6-4-11(8(14)10-6)9-3-5-1-2-7(17-5)12(15)16;1-5-7-4-6(9(11)12)8(5)2-3-10/h1-3H,4H2,(H,10,13,14);4,10H,2-3H2,1H3/b9-3+;. The van der Waals surface area contributed by atoms with E-state index in [4.69, 9.17) is 14.6 Å². The third-order valence-electron chi connectivity index (χ3n) is 3.40. The number of aliphatic hydroxyl groups excluding tert-OH is 2. The summed E-state index contributed by atoms with van der Waals surface area (Å²) in [7, 11) is 0. The topological polar surface area (TPSA) is 203 Å². The van der Waals surface area contributed by atoms with Gasteiger partial charge in [0, 0.05) is 6.92 Å². The van der Waals surface area contributed by atoms with Crippen LogP contribution in [-0.4, -0.2) is 65.9 Å². The number of amides is 2. The smallest absolute Gasteiger partial charge is 0.433 e. The molecule has 0 spiro atoms. The zero-order valence-corrected chi connectivity index (χ0v) is 14.9. The number of aryl methyl sites for hydroxylation is 1. The molecule has 15 nitrogen and oxygen atoms in total. The fourth-order valence-corrected chi connectivity index (χ4v) is 2.11. The molecular formula is C14H15N7O8. The Hall–Kier alpha value is -4.14. The number of aliphatic imine (C=N–C) groups is 1. The van der Waals surface area contributed by atoms with Crippen molar-refractivity contribution < 1.29 is 29.3 Å². The van der Waals surface area contributed by atoms with E-state index in [2.05, 4.69) is 15.1 Å². The maximum Gasteiger partial charge on any atom is 0.433 e. The first-order valence-corrected chi connectivity index (χ1v) is 7.86. The lowest BCUT2D eigenvalue weighted by molar-refractivity contribution is -0.402. The second-order valence-corrected chi connectivity index (χ2v) is 5.34. The largest absolute Gasteiger partial charge is 0.495 e. The van der Waals surface area contributed by atoms with Gasteiger partial charge in [-0.1, -0.05) is 0 Å². The monoisotopic (exact) mass is 409 g/mol. The fourth-order valence-electron chi connectivity index (χ4n) is 2.11. The van der Waals surface area contributed by atoms with Crippen LogP contribution in [0.4, 0.5) is 16.5 Å². The Balaban J connectivity index is 0.000000221. The number of aliphatic hydroxyl groups is 2. The molecular weight excluding hydrogens is 394 g/mol. The van der Waals surface area contributed by atoms with Crippen LogP contribution in [0.5, 0.6) is 0 Å². The Morgan fingerprint density at radius 1 is 1.34 bits per heavy atom. The summed E-state index contributed by atoms with van der Waals surface area (Å²) >= 11 is 0. The molecule has 29 heavy (non-hydrogen) atoms. The van der Waals surface area contributed by atoms with Crippen molar-refractivity contribution >= 4 is 29.8 Å². The average molecular weight is 409 g/mol. The fraction of sp³-hybridized carbons (Fsp3) is 0.286. The van der Waals surface area contributed by atoms with Crippen molar-refractivity contribution in [2.45, 2.75) is 13.5 Å². The van der Waals surface area contributed by atoms with Gasteiger partial charge in [-0.15, -0.1) is 0 Å². The van der Waals surface area contributed by atoms with Gasteiger partial charge >= 0.3 is 17.7 Å². The van der Waals surface area contributed by atoms with Crippen molar-refractivity contribution in [3.63, 3.8) is 0 Å². The summed E-state index contributed by atoms with van der Waals surface area (Å²) in [6, 6.07) is 1.80. The zero-order valence-electron chi connectivity index (χ0n) is 14.9. The van der Waals surface area contributed by atoms with Crippen LogP contribution in [0.15, 0.2) is 32.8 Å². The van der Waals surface area contributed by atoms with Gasteiger partial charge in [0.15, 0.2) is 11.6 Å². The van der Waals surface area contributed by atoms with Gasteiger partial charge in [0.05, 0.1) is 18.9 Å². The second-order valence-electron chi connectivity index (χ2n) is 5.34. The van der Waals surface area contributed by atoms with E-state index in [0.717, 1.165) is 11.2 Å². The predicted molar refractivity (Wildman–Crippen MR) is 95.8 cm³/mol. The van der Waals surface area contributed by atoms with Crippen molar-refractivity contribution in [2.24, 2.45) is 10.1 Å². The highest BCUT2D eigenvalue weighted by Crippen LogP contribution is 2.14. The summed E-state index contributed by atoms with van der Waals surface area (Å²) in [5.41, 5.74) is 0. The van der Waals surface area contributed by atoms with Crippen LogP contribution in [0.1, 0.15) is 11.6 Å². The minimum absolute atomic E-state index is 0.0819. The van der Waals surface area contributed by atoms with Crippen molar-refractivity contribution in [3.05, 3.63) is 50.1 Å². The number of hydrogen-bond acceptors (Lipinski definition) is 9. The third-order valence-corrected chi connectivity index (χ3v) is 3.40. The number of imidazole rings is 1. The lowest BCUT2D eigenvalue weighted by Gasteiger charge is -2.03. The number of carbonyl (C=O) groups excluding carboxylic acids is 1. The van der Waals surface area contributed by atoms with Crippen LogP contribution < -0.4 is 0 Å². The van der Waals surface area contributed by atoms with E-state index in [0.29, 0.717) is 5.82 Å². The van der Waals surface area contributed by atoms with E-state index in [1.165, 1.54) is 22.9 Å². The Kier molecular flexibility index (Phi) is 6.70. The molecule has 0 unspecified atom stereocenters. The predicted octanol–water partition coefficient (Wildman–Crippen LogP) is 1.01. The number of hydrogen-bond donors (Lipinski definition) is 2. The van der Waals surface area contributed by atoms with E-state index in [-0.39, 0.29) is 37.2 Å². The number of hydrazone groups is 1. The molecule has 2 N–H and O–H groups in total. The summed E-state index contributed by atoms with van der Waals surface area (Å²) < 4.78 is 6.14. The van der Waals surface area contributed by atoms with Crippen LogP contribution in [0, 0.1) is 27.2 Å². The summed E-state index contributed by atoms with van der Waals surface area (Å²) in [5, 5.41) is 42.8. The third kappa shape index (κ3) is 5.42. The van der Waals surface area contributed by atoms with Gasteiger partial charge in [-0.05, 0) is 11.0 Å². The molecule has 0 radical (unpaired) electrons. The summed E-state index contributed by atoms with van der Waals surface area (Å²) in [6.45, 7) is 1.61. The van der Waals surface area contributed by atoms with Gasteiger partial charge in [0.2, 0.25) is 5.90 Å². The maximum absolute atomic E-state index is 11.0. The van der Waals surface area contributed by atoms with E-state index in [1.54, 1.807) is 6.92 Å². The highest BCUT2D eigenvalue weighted by Gasteiger charge is 2.22. The Morgan fingerprint density at radius 3 is 2.59 bits per heavy atom. The van der Waals surface area contributed by atoms with Crippen molar-refractivity contribution in [3.8, 4) is 0 Å². The van der Waals surface area contributed by atoms with E-state index in [9.17, 15) is 25.0 Å². The number of aromatic nitrogens is 2. The molecule has 2 aromatic heterocycles. The van der Waals surface area contributed by atoms with Gasteiger partial charge in [0.25, 0.3) is 0 Å². The summed E-state index contributed by atoms with van der Waals surface area (Å²) in [4.78, 5) is 37.5. The molecule has 3 rings (SSSR count). The molecule has 3 heterocycles. The molecule has 2 aromatic rings. The van der Waals surface area contributed by atoms with Gasteiger partial charge in [-0.3, -0.25) is 10.1 Å². The first-order chi connectivity index (χ1) is 13.7. The average Bonchev–Trinajstić information content (AvgIpc) is 3.34.